The maximum Gasteiger partial charge on any atom is 2.00 e. The molecular weight excluding hydrogens is 904 g/mol. The molecule has 3 aromatic heterocycles. The van der Waals surface area contributed by atoms with Gasteiger partial charge in [-0.05, 0) is 143 Å². The molecule has 0 unspecified atom stereocenters. The fourth-order valence-electron chi connectivity index (χ4n) is 8.57. The van der Waals surface area contributed by atoms with Crippen LogP contribution in [0.1, 0.15) is 102 Å². The summed E-state index contributed by atoms with van der Waals surface area (Å²) in [5, 5.41) is 0. The molecule has 8 nitrogen and oxygen atoms in total. The first kappa shape index (κ1) is 48.6. The van der Waals surface area contributed by atoms with E-state index in [-0.39, 0.29) is 17.1 Å². The molecule has 0 atom stereocenters. The quantitative estimate of drug-likeness (QED) is 0.0551. The van der Waals surface area contributed by atoms with Crippen LogP contribution in [0.3, 0.4) is 0 Å². The zero-order valence-electron chi connectivity index (χ0n) is 40.1. The van der Waals surface area contributed by atoms with Gasteiger partial charge in [-0.2, -0.15) is 0 Å². The van der Waals surface area contributed by atoms with Gasteiger partial charge in [0.25, 0.3) is 0 Å². The molecule has 2 aliphatic rings. The number of unbranched alkanes of at least 4 members (excludes halogenated alkanes) is 4. The van der Waals surface area contributed by atoms with Gasteiger partial charge in [0.2, 0.25) is 0 Å². The monoisotopic (exact) mass is 963 g/mol. The smallest absolute Gasteiger partial charge is 0.657 e. The van der Waals surface area contributed by atoms with E-state index in [1.165, 1.54) is 0 Å². The van der Waals surface area contributed by atoms with Crippen LogP contribution in [-0.2, 0) is 17.1 Å². The molecule has 0 fully saturated rings. The van der Waals surface area contributed by atoms with E-state index in [1.54, 1.807) is 0 Å². The molecule has 7 aromatic rings. The first-order valence-corrected chi connectivity index (χ1v) is 24.5. The summed E-state index contributed by atoms with van der Waals surface area (Å²) < 4.78 is 25.1. The third kappa shape index (κ3) is 11.4. The molecule has 355 valence electrons. The normalized spacial score (nSPS) is 11.7. The standard InChI is InChI=1S/C60H60N4O4.Cu/c1-5-9-33-65-45-21-13-17-41(37-45)57-49-25-27-51(61-49)58(42-18-14-22-46(38-42)66-34-10-6-2)53-29-31-55(63-53)60(44-20-16-24-48(40-44)68-36-12-8-4)56-32-30-54(64-56)59(52-28-26-50(57)62-52)43-19-15-23-47(39-43)67-35-11-7-3;/h13-32,37-40H,5-12,33-36H2,1-4H3;/q-2;+2. The molecule has 0 saturated heterocycles. The number of fused-ring (bicyclic) bond motifs is 8. The van der Waals surface area contributed by atoms with Gasteiger partial charge in [-0.1, -0.05) is 126 Å². The van der Waals surface area contributed by atoms with Gasteiger partial charge in [0.05, 0.1) is 49.2 Å². The average Bonchev–Trinajstić information content (AvgIpc) is 4.21. The molecule has 8 bridgehead atoms. The summed E-state index contributed by atoms with van der Waals surface area (Å²) in [5.41, 5.74) is 13.7. The third-order valence-electron chi connectivity index (χ3n) is 12.2. The van der Waals surface area contributed by atoms with Crippen molar-refractivity contribution in [2.24, 2.45) is 0 Å². The predicted molar refractivity (Wildman–Crippen MR) is 280 cm³/mol. The molecule has 0 saturated carbocycles. The fourth-order valence-corrected chi connectivity index (χ4v) is 8.57. The Hall–Kier alpha value is -6.80. The molecule has 69 heavy (non-hydrogen) atoms. The minimum absolute atomic E-state index is 0. The van der Waals surface area contributed by atoms with E-state index < -0.39 is 0 Å². The van der Waals surface area contributed by atoms with Crippen LogP contribution in [0.25, 0.3) is 90.9 Å². The topological polar surface area (TPSA) is 90.9 Å². The Morgan fingerprint density at radius 3 is 0.826 bits per heavy atom. The SMILES string of the molecule is CCCCOc1cccc(-c2c3nc(c(-c4cccc(OCCCC)c4)c4ccc([n-]4)c(-c4cccc(OCCCC)c4)c4nc(c(-c5cccc(OCCCC)c5)c5ccc2[n-]5)C=C4)C=C3)c1.[Cu+2]. The van der Waals surface area contributed by atoms with E-state index in [1.807, 2.05) is 48.5 Å². The Bertz CT molecular complexity index is 2710. The van der Waals surface area contributed by atoms with Crippen LogP contribution in [0.2, 0.25) is 0 Å². The Balaban J connectivity index is 0.00000642. The predicted octanol–water partition coefficient (Wildman–Crippen LogP) is 15.3. The largest absolute Gasteiger partial charge is 2.00 e. The second-order valence-electron chi connectivity index (χ2n) is 17.3. The van der Waals surface area contributed by atoms with Crippen LogP contribution in [-0.4, -0.2) is 36.4 Å². The van der Waals surface area contributed by atoms with E-state index in [0.717, 1.165) is 164 Å². The van der Waals surface area contributed by atoms with Crippen molar-refractivity contribution in [2.75, 3.05) is 26.4 Å². The van der Waals surface area contributed by atoms with E-state index in [9.17, 15) is 0 Å². The van der Waals surface area contributed by atoms with Crippen LogP contribution in [0, 0.1) is 0 Å². The Morgan fingerprint density at radius 2 is 0.594 bits per heavy atom. The van der Waals surface area contributed by atoms with Gasteiger partial charge < -0.3 is 28.9 Å². The Labute approximate surface area is 417 Å². The van der Waals surface area contributed by atoms with Crippen LogP contribution in [0.15, 0.2) is 121 Å². The minimum atomic E-state index is 0. The van der Waals surface area contributed by atoms with Crippen molar-refractivity contribution in [3.05, 3.63) is 144 Å². The number of rotatable bonds is 20. The van der Waals surface area contributed by atoms with Crippen molar-refractivity contribution in [2.45, 2.75) is 79.1 Å². The summed E-state index contributed by atoms with van der Waals surface area (Å²) in [7, 11) is 0. The molecule has 4 aromatic carbocycles. The maximum atomic E-state index is 6.28. The molecule has 0 aliphatic carbocycles. The molecule has 2 aliphatic heterocycles. The van der Waals surface area contributed by atoms with Crippen molar-refractivity contribution < 1.29 is 36.0 Å². The molecule has 0 N–H and O–H groups in total. The van der Waals surface area contributed by atoms with E-state index in [4.69, 9.17) is 38.9 Å². The summed E-state index contributed by atoms with van der Waals surface area (Å²) in [5.74, 6) is 3.22. The first-order chi connectivity index (χ1) is 33.5. The van der Waals surface area contributed by atoms with E-state index >= 15 is 0 Å². The fraction of sp³-hybridized carbons (Fsp3) is 0.267. The van der Waals surface area contributed by atoms with Gasteiger partial charge >= 0.3 is 17.1 Å². The molecule has 1 radical (unpaired) electrons. The summed E-state index contributed by atoms with van der Waals surface area (Å²) in [6, 6.07) is 41.5. The number of hydrogen-bond acceptors (Lipinski definition) is 6. The second kappa shape index (κ2) is 23.5. The summed E-state index contributed by atoms with van der Waals surface area (Å²) in [6.45, 7) is 11.3. The summed E-state index contributed by atoms with van der Waals surface area (Å²) in [6.07, 6.45) is 16.5. The Morgan fingerprint density at radius 1 is 0.348 bits per heavy atom. The molecule has 9 rings (SSSR count). The van der Waals surface area contributed by atoms with E-state index in [0.29, 0.717) is 26.4 Å². The molecular formula is C60H60CuN4O4. The third-order valence-corrected chi connectivity index (χ3v) is 12.2. The van der Waals surface area contributed by atoms with Crippen molar-refractivity contribution in [3.8, 4) is 67.5 Å². The maximum absolute atomic E-state index is 6.28. The summed E-state index contributed by atoms with van der Waals surface area (Å²) >= 11 is 0. The number of hydrogen-bond donors (Lipinski definition) is 0. The van der Waals surface area contributed by atoms with Gasteiger partial charge in [0.15, 0.2) is 0 Å². The van der Waals surface area contributed by atoms with Crippen LogP contribution in [0.5, 0.6) is 23.0 Å². The number of benzene rings is 4. The van der Waals surface area contributed by atoms with Gasteiger partial charge in [0, 0.05) is 0 Å². The number of nitrogens with zero attached hydrogens (tertiary/aromatic N) is 4. The number of aromatic nitrogens is 4. The average molecular weight is 965 g/mol. The van der Waals surface area contributed by atoms with Gasteiger partial charge in [-0.25, -0.2) is 9.97 Å². The van der Waals surface area contributed by atoms with Crippen LogP contribution >= 0.6 is 0 Å². The van der Waals surface area contributed by atoms with Crippen LogP contribution < -0.4 is 28.9 Å². The van der Waals surface area contributed by atoms with Crippen molar-refractivity contribution in [1.82, 2.24) is 19.9 Å². The Kier molecular flexibility index (Phi) is 16.6. The van der Waals surface area contributed by atoms with Crippen molar-refractivity contribution >= 4 is 46.4 Å². The zero-order valence-corrected chi connectivity index (χ0v) is 41.0. The van der Waals surface area contributed by atoms with Gasteiger partial charge in [-0.15, -0.1) is 22.1 Å². The van der Waals surface area contributed by atoms with Crippen molar-refractivity contribution in [3.63, 3.8) is 0 Å². The minimum Gasteiger partial charge on any atom is -0.657 e. The molecule has 0 amide bonds. The molecule has 5 heterocycles. The zero-order chi connectivity index (χ0) is 46.7. The van der Waals surface area contributed by atoms with Gasteiger partial charge in [0.1, 0.15) is 23.0 Å². The van der Waals surface area contributed by atoms with Crippen molar-refractivity contribution in [1.29, 1.82) is 0 Å². The van der Waals surface area contributed by atoms with Crippen LogP contribution in [0.4, 0.5) is 0 Å². The number of ether oxygens (including phenoxy) is 4. The van der Waals surface area contributed by atoms with E-state index in [2.05, 4.69) is 125 Å². The van der Waals surface area contributed by atoms with Gasteiger partial charge in [-0.3, -0.25) is 0 Å². The molecule has 9 heteroatoms. The first-order valence-electron chi connectivity index (χ1n) is 24.5. The molecule has 0 spiro atoms. The second-order valence-corrected chi connectivity index (χ2v) is 17.3. The summed E-state index contributed by atoms with van der Waals surface area (Å²) in [4.78, 5) is 22.0.